The van der Waals surface area contributed by atoms with E-state index in [4.69, 9.17) is 9.26 Å². The number of carbonyl (C=O) groups is 2. The zero-order valence-corrected chi connectivity index (χ0v) is 18.7. The second-order valence-electron chi connectivity index (χ2n) is 10.0. The first-order valence-electron chi connectivity index (χ1n) is 11.1. The van der Waals surface area contributed by atoms with E-state index in [9.17, 15) is 14.0 Å². The predicted octanol–water partition coefficient (Wildman–Crippen LogP) is 4.73. The maximum atomic E-state index is 14.1. The molecule has 3 heterocycles. The normalized spacial score (nSPS) is 28.0. The van der Waals surface area contributed by atoms with Gasteiger partial charge < -0.3 is 9.26 Å². The van der Waals surface area contributed by atoms with Gasteiger partial charge in [-0.3, -0.25) is 14.5 Å². The van der Waals surface area contributed by atoms with Crippen molar-refractivity contribution in [2.45, 2.75) is 70.7 Å². The van der Waals surface area contributed by atoms with Gasteiger partial charge in [-0.2, -0.15) is 0 Å². The Balaban J connectivity index is 1.62. The quantitative estimate of drug-likeness (QED) is 0.678. The molecular formula is C25H27FN2O4. The van der Waals surface area contributed by atoms with Crippen molar-refractivity contribution in [2.24, 2.45) is 5.92 Å². The number of nitrogens with zero attached hydrogens (tertiary/aromatic N) is 2. The van der Waals surface area contributed by atoms with E-state index in [0.29, 0.717) is 30.0 Å². The number of halogens is 1. The standard InChI is InChI=1S/C25H27FN2O4/c1-13-11-19(27-32-13)28-21(14-5-7-15(8-6-14)25(2,3)4)20-22(29)17-12-16(26)9-10-18(17)31-23(20)24(28)30/h5-8,11,16-18,21H,9-10,12H2,1-4H3. The first kappa shape index (κ1) is 20.9. The molecule has 2 aliphatic heterocycles. The van der Waals surface area contributed by atoms with E-state index in [2.05, 4.69) is 25.9 Å². The smallest absolute Gasteiger partial charge is 0.295 e. The number of alkyl halides is 1. The number of amides is 1. The van der Waals surface area contributed by atoms with Crippen LogP contribution in [0.25, 0.3) is 0 Å². The number of fused-ring (bicyclic) bond motifs is 1. The zero-order valence-electron chi connectivity index (χ0n) is 18.7. The largest absolute Gasteiger partial charge is 0.483 e. The van der Waals surface area contributed by atoms with Crippen LogP contribution in [-0.2, 0) is 19.7 Å². The number of hydrogen-bond donors (Lipinski definition) is 0. The number of aryl methyl sites for hydroxylation is 1. The van der Waals surface area contributed by atoms with Crippen molar-refractivity contribution in [3.63, 3.8) is 0 Å². The third-order valence-corrected chi connectivity index (χ3v) is 6.74. The van der Waals surface area contributed by atoms with E-state index in [-0.39, 0.29) is 23.4 Å². The number of hydrogen-bond acceptors (Lipinski definition) is 5. The molecule has 7 heteroatoms. The highest BCUT2D eigenvalue weighted by Crippen LogP contribution is 2.48. The van der Waals surface area contributed by atoms with Gasteiger partial charge in [0, 0.05) is 6.07 Å². The molecule has 1 aromatic heterocycles. The van der Waals surface area contributed by atoms with Gasteiger partial charge in [0.05, 0.1) is 17.5 Å². The zero-order chi connectivity index (χ0) is 22.8. The molecule has 5 rings (SSSR count). The van der Waals surface area contributed by atoms with Crippen molar-refractivity contribution in [1.82, 2.24) is 5.16 Å². The minimum Gasteiger partial charge on any atom is -0.483 e. The number of Topliss-reactive ketones (excluding diaryl/α,β-unsaturated/α-hetero) is 1. The van der Waals surface area contributed by atoms with Crippen molar-refractivity contribution < 1.29 is 23.2 Å². The molecule has 0 saturated heterocycles. The second-order valence-corrected chi connectivity index (χ2v) is 10.0. The maximum Gasteiger partial charge on any atom is 0.295 e. The molecular weight excluding hydrogens is 411 g/mol. The van der Waals surface area contributed by atoms with Gasteiger partial charge in [-0.1, -0.05) is 50.2 Å². The minimum atomic E-state index is -1.03. The van der Waals surface area contributed by atoms with Crippen LogP contribution in [0.5, 0.6) is 0 Å². The number of benzene rings is 1. The van der Waals surface area contributed by atoms with Crippen LogP contribution >= 0.6 is 0 Å². The fourth-order valence-electron chi connectivity index (χ4n) is 5.00. The van der Waals surface area contributed by atoms with Gasteiger partial charge in [0.15, 0.2) is 17.4 Å². The topological polar surface area (TPSA) is 72.6 Å². The van der Waals surface area contributed by atoms with Crippen molar-refractivity contribution in [3.05, 3.63) is 58.6 Å². The van der Waals surface area contributed by atoms with Crippen LogP contribution in [0.3, 0.4) is 0 Å². The van der Waals surface area contributed by atoms with Gasteiger partial charge in [0.25, 0.3) is 5.91 Å². The average molecular weight is 438 g/mol. The Kier molecular flexibility index (Phi) is 4.76. The lowest BCUT2D eigenvalue weighted by atomic mass is 9.77. The summed E-state index contributed by atoms with van der Waals surface area (Å²) < 4.78 is 25.4. The van der Waals surface area contributed by atoms with Gasteiger partial charge in [-0.15, -0.1) is 0 Å². The summed E-state index contributed by atoms with van der Waals surface area (Å²) in [5, 5.41) is 4.04. The molecule has 6 nitrogen and oxygen atoms in total. The molecule has 1 saturated carbocycles. The Bertz CT molecular complexity index is 1110. The summed E-state index contributed by atoms with van der Waals surface area (Å²) in [7, 11) is 0. The predicted molar refractivity (Wildman–Crippen MR) is 116 cm³/mol. The lowest BCUT2D eigenvalue weighted by molar-refractivity contribution is -0.133. The molecule has 1 amide bonds. The van der Waals surface area contributed by atoms with E-state index in [0.717, 1.165) is 11.1 Å². The summed E-state index contributed by atoms with van der Waals surface area (Å²) in [6.07, 6.45) is -0.583. The summed E-state index contributed by atoms with van der Waals surface area (Å²) in [6.45, 7) is 8.12. The van der Waals surface area contributed by atoms with Gasteiger partial charge in [-0.05, 0) is 42.7 Å². The maximum absolute atomic E-state index is 14.1. The number of ether oxygens (including phenoxy) is 1. The third-order valence-electron chi connectivity index (χ3n) is 6.74. The first-order chi connectivity index (χ1) is 15.1. The molecule has 32 heavy (non-hydrogen) atoms. The van der Waals surface area contributed by atoms with Crippen molar-refractivity contribution in [3.8, 4) is 0 Å². The number of aromatic nitrogens is 1. The van der Waals surface area contributed by atoms with E-state index in [1.54, 1.807) is 13.0 Å². The van der Waals surface area contributed by atoms with E-state index in [1.165, 1.54) is 4.90 Å². The molecule has 1 aliphatic carbocycles. The molecule has 0 N–H and O–H groups in total. The van der Waals surface area contributed by atoms with Crippen LogP contribution in [-0.4, -0.2) is 29.1 Å². The second kappa shape index (κ2) is 7.29. The molecule has 4 atom stereocenters. The SMILES string of the molecule is Cc1cc(N2C(=O)C3=C(C(=O)C4CC(F)CCC4O3)C2c2ccc(C(C)(C)C)cc2)no1. The summed E-state index contributed by atoms with van der Waals surface area (Å²) in [4.78, 5) is 28.5. The van der Waals surface area contributed by atoms with Gasteiger partial charge in [-0.25, -0.2) is 4.39 Å². The monoisotopic (exact) mass is 438 g/mol. The van der Waals surface area contributed by atoms with Crippen molar-refractivity contribution >= 4 is 17.5 Å². The molecule has 1 aromatic carbocycles. The fraction of sp³-hybridized carbons (Fsp3) is 0.480. The summed E-state index contributed by atoms with van der Waals surface area (Å²) >= 11 is 0. The lowest BCUT2D eigenvalue weighted by Gasteiger charge is -2.36. The van der Waals surface area contributed by atoms with Crippen LogP contribution in [0.2, 0.25) is 0 Å². The molecule has 1 fully saturated rings. The fourth-order valence-corrected chi connectivity index (χ4v) is 5.00. The number of anilines is 1. The summed E-state index contributed by atoms with van der Waals surface area (Å²) in [5.41, 5.74) is 2.18. The van der Waals surface area contributed by atoms with E-state index < -0.39 is 30.1 Å². The number of ketones is 1. The minimum absolute atomic E-state index is 0.0351. The van der Waals surface area contributed by atoms with E-state index in [1.807, 2.05) is 24.3 Å². The van der Waals surface area contributed by atoms with Crippen LogP contribution in [0.15, 0.2) is 46.2 Å². The highest BCUT2D eigenvalue weighted by Gasteiger charge is 2.54. The van der Waals surface area contributed by atoms with Crippen LogP contribution in [0.4, 0.5) is 10.2 Å². The summed E-state index contributed by atoms with van der Waals surface area (Å²) in [5.74, 6) is -0.220. The molecule has 168 valence electrons. The van der Waals surface area contributed by atoms with Crippen LogP contribution in [0.1, 0.15) is 63.0 Å². The Labute approximate surface area is 186 Å². The Morgan fingerprint density at radius 3 is 2.47 bits per heavy atom. The highest BCUT2D eigenvalue weighted by atomic mass is 19.1. The van der Waals surface area contributed by atoms with Gasteiger partial charge in [0.1, 0.15) is 18.0 Å². The Morgan fingerprint density at radius 2 is 1.84 bits per heavy atom. The Morgan fingerprint density at radius 1 is 1.12 bits per heavy atom. The van der Waals surface area contributed by atoms with Gasteiger partial charge >= 0.3 is 0 Å². The van der Waals surface area contributed by atoms with E-state index >= 15 is 0 Å². The molecule has 3 aliphatic rings. The number of rotatable bonds is 2. The molecule has 0 bridgehead atoms. The highest BCUT2D eigenvalue weighted by molar-refractivity contribution is 6.17. The lowest BCUT2D eigenvalue weighted by Crippen LogP contribution is -2.42. The van der Waals surface area contributed by atoms with Gasteiger partial charge in [0.2, 0.25) is 0 Å². The molecule has 0 spiro atoms. The average Bonchev–Trinajstić information content (AvgIpc) is 3.29. The third kappa shape index (κ3) is 3.26. The van der Waals surface area contributed by atoms with Crippen molar-refractivity contribution in [2.75, 3.05) is 4.90 Å². The Hall–Kier alpha value is -2.96. The molecule has 0 radical (unpaired) electrons. The van der Waals surface area contributed by atoms with Crippen molar-refractivity contribution in [1.29, 1.82) is 0 Å². The van der Waals surface area contributed by atoms with Crippen LogP contribution in [0, 0.1) is 12.8 Å². The van der Waals surface area contributed by atoms with Crippen LogP contribution < -0.4 is 4.90 Å². The first-order valence-corrected chi connectivity index (χ1v) is 11.1. The number of carbonyl (C=O) groups excluding carboxylic acids is 2. The molecule has 4 unspecified atom stereocenters. The summed E-state index contributed by atoms with van der Waals surface area (Å²) in [6, 6.07) is 8.88. The molecule has 2 aromatic rings.